The van der Waals surface area contributed by atoms with E-state index in [2.05, 4.69) is 25.6 Å². The van der Waals surface area contributed by atoms with Crippen molar-refractivity contribution in [2.75, 3.05) is 18.6 Å². The lowest BCUT2D eigenvalue weighted by Gasteiger charge is -2.22. The van der Waals surface area contributed by atoms with Crippen molar-refractivity contribution in [1.29, 1.82) is 0 Å². The van der Waals surface area contributed by atoms with Crippen molar-refractivity contribution in [2.24, 2.45) is 5.92 Å². The zero-order valence-electron chi connectivity index (χ0n) is 19.6. The number of carboxylic acids is 1. The van der Waals surface area contributed by atoms with E-state index in [0.29, 0.717) is 30.6 Å². The summed E-state index contributed by atoms with van der Waals surface area (Å²) in [6.45, 7) is 4.60. The highest BCUT2D eigenvalue weighted by molar-refractivity contribution is 7.98. The maximum absolute atomic E-state index is 12.6. The van der Waals surface area contributed by atoms with E-state index in [0.717, 1.165) is 12.8 Å². The Morgan fingerprint density at radius 1 is 1.18 bits per heavy atom. The summed E-state index contributed by atoms with van der Waals surface area (Å²) in [4.78, 5) is 58.4. The lowest BCUT2D eigenvalue weighted by molar-refractivity contribution is -0.141. The minimum atomic E-state index is -1.13. The summed E-state index contributed by atoms with van der Waals surface area (Å²) < 4.78 is 7.00. The van der Waals surface area contributed by atoms with Crippen molar-refractivity contribution in [1.82, 2.24) is 30.2 Å². The summed E-state index contributed by atoms with van der Waals surface area (Å²) in [6, 6.07) is -1.92. The number of fused-ring (bicyclic) bond motifs is 1. The number of nitrogens with zero attached hydrogens (tertiary/aromatic N) is 3. The van der Waals surface area contributed by atoms with E-state index < -0.39 is 30.1 Å². The first kappa shape index (κ1) is 27.2. The van der Waals surface area contributed by atoms with E-state index in [1.807, 2.05) is 13.8 Å². The Morgan fingerprint density at radius 2 is 1.94 bits per heavy atom. The number of ether oxygens (including phenoxy) is 1. The lowest BCUT2D eigenvalue weighted by atomic mass is 10.0. The first-order chi connectivity index (χ1) is 16.2. The molecular formula is C21H32N6O6S. The number of thioether (sulfide) groups is 1. The van der Waals surface area contributed by atoms with Crippen molar-refractivity contribution in [3.8, 4) is 0 Å². The molecule has 0 bridgehead atoms. The molecule has 13 heteroatoms. The van der Waals surface area contributed by atoms with Gasteiger partial charge in [0.25, 0.3) is 5.56 Å². The highest BCUT2D eigenvalue weighted by Crippen LogP contribution is 2.09. The van der Waals surface area contributed by atoms with Gasteiger partial charge in [-0.1, -0.05) is 13.8 Å². The van der Waals surface area contributed by atoms with Crippen molar-refractivity contribution in [2.45, 2.75) is 58.2 Å². The molecule has 0 radical (unpaired) electrons. The molecule has 0 saturated carbocycles. The van der Waals surface area contributed by atoms with E-state index in [9.17, 15) is 24.3 Å². The molecule has 2 amide bonds. The zero-order chi connectivity index (χ0) is 25.1. The summed E-state index contributed by atoms with van der Waals surface area (Å²) >= 11 is 1.31. The van der Waals surface area contributed by atoms with Crippen LogP contribution in [0.1, 0.15) is 39.5 Å². The van der Waals surface area contributed by atoms with Gasteiger partial charge in [0.1, 0.15) is 12.1 Å². The first-order valence-corrected chi connectivity index (χ1v) is 12.5. The Kier molecular flexibility index (Phi) is 10.8. The normalized spacial score (nSPS) is 12.9. The van der Waals surface area contributed by atoms with E-state index in [1.54, 1.807) is 17.2 Å². The van der Waals surface area contributed by atoms with Gasteiger partial charge in [-0.25, -0.2) is 19.6 Å². The maximum Gasteiger partial charge on any atom is 0.407 e. The van der Waals surface area contributed by atoms with Gasteiger partial charge >= 0.3 is 12.1 Å². The molecule has 0 fully saturated rings. The van der Waals surface area contributed by atoms with E-state index in [1.165, 1.54) is 18.1 Å². The molecular weight excluding hydrogens is 464 g/mol. The fourth-order valence-electron chi connectivity index (χ4n) is 3.28. The van der Waals surface area contributed by atoms with E-state index in [4.69, 9.17) is 4.74 Å². The molecule has 2 aromatic rings. The number of carbonyl (C=O) groups is 3. The molecule has 2 rings (SSSR count). The van der Waals surface area contributed by atoms with Crippen LogP contribution in [0.4, 0.5) is 4.79 Å². The van der Waals surface area contributed by atoms with Crippen LogP contribution in [-0.4, -0.2) is 73.3 Å². The van der Waals surface area contributed by atoms with Crippen LogP contribution in [0, 0.1) is 5.92 Å². The number of aryl methyl sites for hydroxylation is 1. The average molecular weight is 497 g/mol. The smallest absolute Gasteiger partial charge is 0.407 e. The van der Waals surface area contributed by atoms with Crippen molar-refractivity contribution >= 4 is 40.9 Å². The second-order valence-corrected chi connectivity index (χ2v) is 9.13. The molecule has 0 aliphatic heterocycles. The second kappa shape index (κ2) is 13.6. The van der Waals surface area contributed by atoms with Crippen LogP contribution in [0.25, 0.3) is 11.2 Å². The fourth-order valence-corrected chi connectivity index (χ4v) is 3.84. The average Bonchev–Trinajstić information content (AvgIpc) is 3.19. The summed E-state index contributed by atoms with van der Waals surface area (Å²) in [5.41, 5.74) is 0.539. The summed E-state index contributed by atoms with van der Waals surface area (Å²) in [5.74, 6) is -1.35. The largest absolute Gasteiger partial charge is 0.480 e. The molecule has 2 atom stereocenters. The molecule has 2 aromatic heterocycles. The quantitative estimate of drug-likeness (QED) is 0.282. The number of hydrogen-bond donors (Lipinski definition) is 4. The number of aromatic nitrogens is 4. The number of unbranched alkanes of at least 4 members (excludes halogenated alkanes) is 2. The number of H-pyrrole nitrogens is 1. The topological polar surface area (TPSA) is 168 Å². The molecule has 188 valence electrons. The third kappa shape index (κ3) is 8.36. The SMILES string of the molecule is CSC[C@H](NC(=O)[C@H](CC(C)C)NC(=O)OCCCCCn1cnc2c(=O)[nH]cnc21)C(=O)O. The van der Waals surface area contributed by atoms with Gasteiger partial charge in [-0.15, -0.1) is 0 Å². The third-order valence-electron chi connectivity index (χ3n) is 4.95. The molecule has 12 nitrogen and oxygen atoms in total. The molecule has 0 saturated heterocycles. The molecule has 34 heavy (non-hydrogen) atoms. The Balaban J connectivity index is 1.75. The molecule has 2 heterocycles. The fraction of sp³-hybridized carbons (Fsp3) is 0.619. The number of amides is 2. The highest BCUT2D eigenvalue weighted by Gasteiger charge is 2.27. The van der Waals surface area contributed by atoms with Gasteiger partial charge in [0.2, 0.25) is 5.91 Å². The molecule has 0 aromatic carbocycles. The van der Waals surface area contributed by atoms with Gasteiger partial charge < -0.3 is 30.0 Å². The predicted molar refractivity (Wildman–Crippen MR) is 128 cm³/mol. The standard InChI is InChI=1S/C21H32N6O6S/c1-13(2)9-14(18(28)25-15(10-34-3)20(30)31)26-21(32)33-8-6-4-5-7-27-12-24-16-17(27)22-11-23-19(16)29/h11-15H,4-10H2,1-3H3,(H,25,28)(H,26,32)(H,30,31)(H,22,23,29)/t14-,15-/m0/s1. The van der Waals surface area contributed by atoms with Gasteiger partial charge in [0.05, 0.1) is 19.3 Å². The van der Waals surface area contributed by atoms with Crippen molar-refractivity contribution in [3.05, 3.63) is 23.0 Å². The van der Waals surface area contributed by atoms with Crippen LogP contribution >= 0.6 is 11.8 Å². The van der Waals surface area contributed by atoms with Gasteiger partial charge in [-0.3, -0.25) is 9.59 Å². The maximum atomic E-state index is 12.6. The number of alkyl carbamates (subject to hydrolysis) is 1. The molecule has 0 aliphatic rings. The first-order valence-electron chi connectivity index (χ1n) is 11.1. The number of nitrogens with one attached hydrogen (secondary N) is 3. The van der Waals surface area contributed by atoms with Gasteiger partial charge in [0, 0.05) is 12.3 Å². The summed E-state index contributed by atoms with van der Waals surface area (Å²) in [7, 11) is 0. The van der Waals surface area contributed by atoms with Crippen LogP contribution in [0.15, 0.2) is 17.4 Å². The second-order valence-electron chi connectivity index (χ2n) is 8.22. The van der Waals surface area contributed by atoms with Crippen LogP contribution in [0.2, 0.25) is 0 Å². The van der Waals surface area contributed by atoms with Crippen LogP contribution in [0.3, 0.4) is 0 Å². The Hall–Kier alpha value is -3.09. The number of imidazole rings is 1. The number of rotatable bonds is 14. The number of aliphatic carboxylic acids is 1. The Morgan fingerprint density at radius 3 is 2.62 bits per heavy atom. The van der Waals surface area contributed by atoms with Crippen molar-refractivity contribution < 1.29 is 24.2 Å². The number of aromatic amines is 1. The van der Waals surface area contributed by atoms with Gasteiger partial charge in [0.15, 0.2) is 11.2 Å². The molecule has 4 N–H and O–H groups in total. The monoisotopic (exact) mass is 496 g/mol. The minimum absolute atomic E-state index is 0.101. The summed E-state index contributed by atoms with van der Waals surface area (Å²) in [5, 5.41) is 14.3. The number of carbonyl (C=O) groups excluding carboxylic acids is 2. The lowest BCUT2D eigenvalue weighted by Crippen LogP contribution is -2.52. The predicted octanol–water partition coefficient (Wildman–Crippen LogP) is 1.36. The summed E-state index contributed by atoms with van der Waals surface area (Å²) in [6.07, 6.45) is 6.44. The zero-order valence-corrected chi connectivity index (χ0v) is 20.4. The molecule has 0 spiro atoms. The van der Waals surface area contributed by atoms with Gasteiger partial charge in [-0.05, 0) is 37.9 Å². The van der Waals surface area contributed by atoms with Crippen LogP contribution in [-0.2, 0) is 20.9 Å². The highest BCUT2D eigenvalue weighted by atomic mass is 32.2. The Labute approximate surface area is 201 Å². The van der Waals surface area contributed by atoms with E-state index in [-0.39, 0.29) is 23.8 Å². The minimum Gasteiger partial charge on any atom is -0.480 e. The number of hydrogen-bond acceptors (Lipinski definition) is 8. The van der Waals surface area contributed by atoms with Crippen molar-refractivity contribution in [3.63, 3.8) is 0 Å². The van der Waals surface area contributed by atoms with E-state index >= 15 is 0 Å². The molecule has 0 aliphatic carbocycles. The number of carboxylic acid groups (broad SMARTS) is 1. The van der Waals surface area contributed by atoms with Crippen LogP contribution < -0.4 is 16.2 Å². The molecule has 0 unspecified atom stereocenters. The van der Waals surface area contributed by atoms with Gasteiger partial charge in [-0.2, -0.15) is 11.8 Å². The third-order valence-corrected chi connectivity index (χ3v) is 5.61. The van der Waals surface area contributed by atoms with Crippen LogP contribution in [0.5, 0.6) is 0 Å². The Bertz CT molecular complexity index is 1020.